The fourth-order valence-corrected chi connectivity index (χ4v) is 1.59. The van der Waals surface area contributed by atoms with Crippen LogP contribution in [0.15, 0.2) is 42.5 Å². The zero-order valence-electron chi connectivity index (χ0n) is 8.83. The van der Waals surface area contributed by atoms with Crippen LogP contribution in [0.5, 0.6) is 0 Å². The van der Waals surface area contributed by atoms with Crippen LogP contribution in [-0.2, 0) is 0 Å². The first-order valence-electron chi connectivity index (χ1n) is 4.95. The van der Waals surface area contributed by atoms with Gasteiger partial charge in [-0.15, -0.1) is 0 Å². The number of rotatable bonds is 2. The Bertz CT molecular complexity index is 515. The average molecular weight is 230 g/mol. The van der Waals surface area contributed by atoms with Crippen molar-refractivity contribution in [3.8, 4) is 0 Å². The lowest BCUT2D eigenvalue weighted by Gasteiger charge is -2.01. The van der Waals surface area contributed by atoms with Crippen LogP contribution in [0.25, 0.3) is 0 Å². The van der Waals surface area contributed by atoms with E-state index in [9.17, 15) is 4.79 Å². The van der Waals surface area contributed by atoms with Gasteiger partial charge in [-0.3, -0.25) is 4.79 Å². The SMILES string of the molecule is Cc1cc[c]c(C(=O)c2ccc(Cl)cc2)c1. The van der Waals surface area contributed by atoms with Gasteiger partial charge < -0.3 is 0 Å². The number of halogens is 1. The molecule has 16 heavy (non-hydrogen) atoms. The van der Waals surface area contributed by atoms with Gasteiger partial charge in [0, 0.05) is 16.1 Å². The molecule has 0 saturated heterocycles. The number of benzene rings is 2. The third-order valence-corrected chi connectivity index (χ3v) is 2.56. The van der Waals surface area contributed by atoms with Crippen LogP contribution in [0.4, 0.5) is 0 Å². The molecule has 0 N–H and O–H groups in total. The standard InChI is InChI=1S/C14H10ClO/c1-10-3-2-4-12(9-10)14(16)11-5-7-13(15)8-6-11/h2-3,5-9H,1H3. The van der Waals surface area contributed by atoms with Crippen molar-refractivity contribution in [2.75, 3.05) is 0 Å². The molecule has 0 saturated carbocycles. The second-order valence-corrected chi connectivity index (χ2v) is 4.05. The molecule has 0 atom stereocenters. The highest BCUT2D eigenvalue weighted by Crippen LogP contribution is 2.14. The summed E-state index contributed by atoms with van der Waals surface area (Å²) in [4.78, 5) is 12.0. The Morgan fingerprint density at radius 1 is 1.19 bits per heavy atom. The average Bonchev–Trinajstić information content (AvgIpc) is 2.29. The van der Waals surface area contributed by atoms with E-state index in [2.05, 4.69) is 6.07 Å². The zero-order chi connectivity index (χ0) is 11.5. The quantitative estimate of drug-likeness (QED) is 0.718. The molecule has 0 aliphatic heterocycles. The van der Waals surface area contributed by atoms with E-state index in [1.807, 2.05) is 19.1 Å². The van der Waals surface area contributed by atoms with Gasteiger partial charge in [-0.1, -0.05) is 29.3 Å². The maximum Gasteiger partial charge on any atom is 0.193 e. The first kappa shape index (κ1) is 10.9. The van der Waals surface area contributed by atoms with Crippen molar-refractivity contribution in [1.82, 2.24) is 0 Å². The molecule has 0 amide bonds. The molecule has 0 unspecified atom stereocenters. The van der Waals surface area contributed by atoms with Gasteiger partial charge in [-0.05, 0) is 43.3 Å². The molecular formula is C14H10ClO. The Labute approximate surface area is 99.7 Å². The summed E-state index contributed by atoms with van der Waals surface area (Å²) in [6.07, 6.45) is 0. The largest absolute Gasteiger partial charge is 0.289 e. The van der Waals surface area contributed by atoms with Crippen LogP contribution >= 0.6 is 11.6 Å². The van der Waals surface area contributed by atoms with Crippen LogP contribution in [0.1, 0.15) is 21.5 Å². The van der Waals surface area contributed by atoms with E-state index in [4.69, 9.17) is 11.6 Å². The van der Waals surface area contributed by atoms with E-state index >= 15 is 0 Å². The van der Waals surface area contributed by atoms with Crippen molar-refractivity contribution in [1.29, 1.82) is 0 Å². The van der Waals surface area contributed by atoms with Crippen molar-refractivity contribution in [3.05, 3.63) is 70.2 Å². The normalized spacial score (nSPS) is 10.1. The maximum atomic E-state index is 12.0. The van der Waals surface area contributed by atoms with E-state index in [-0.39, 0.29) is 5.78 Å². The molecule has 2 rings (SSSR count). The highest BCUT2D eigenvalue weighted by atomic mass is 35.5. The van der Waals surface area contributed by atoms with Crippen molar-refractivity contribution in [3.63, 3.8) is 0 Å². The van der Waals surface area contributed by atoms with E-state index in [0.29, 0.717) is 16.1 Å². The Balaban J connectivity index is 2.35. The number of aryl methyl sites for hydroxylation is 1. The molecule has 2 aromatic carbocycles. The predicted molar refractivity (Wildman–Crippen MR) is 64.9 cm³/mol. The van der Waals surface area contributed by atoms with Crippen molar-refractivity contribution in [2.24, 2.45) is 0 Å². The van der Waals surface area contributed by atoms with Gasteiger partial charge in [0.25, 0.3) is 0 Å². The number of hydrogen-bond acceptors (Lipinski definition) is 1. The molecule has 0 spiro atoms. The minimum atomic E-state index is -0.0274. The first-order valence-corrected chi connectivity index (χ1v) is 5.33. The van der Waals surface area contributed by atoms with Gasteiger partial charge in [0.05, 0.1) is 0 Å². The lowest BCUT2D eigenvalue weighted by atomic mass is 10.0. The molecule has 2 heteroatoms. The second kappa shape index (κ2) is 4.50. The van der Waals surface area contributed by atoms with E-state index < -0.39 is 0 Å². The Kier molecular flexibility index (Phi) is 3.07. The minimum Gasteiger partial charge on any atom is -0.289 e. The van der Waals surface area contributed by atoms with Gasteiger partial charge in [-0.25, -0.2) is 0 Å². The minimum absolute atomic E-state index is 0.0274. The van der Waals surface area contributed by atoms with Gasteiger partial charge >= 0.3 is 0 Å². The molecule has 0 bridgehead atoms. The molecule has 0 aliphatic rings. The molecule has 1 radical (unpaired) electrons. The summed E-state index contributed by atoms with van der Waals surface area (Å²) in [7, 11) is 0. The fraction of sp³-hybridized carbons (Fsp3) is 0.0714. The molecular weight excluding hydrogens is 220 g/mol. The van der Waals surface area contributed by atoms with Gasteiger partial charge in [-0.2, -0.15) is 0 Å². The van der Waals surface area contributed by atoms with Crippen LogP contribution in [0, 0.1) is 13.0 Å². The molecule has 0 aliphatic carbocycles. The summed E-state index contributed by atoms with van der Waals surface area (Å²) >= 11 is 5.77. The third-order valence-electron chi connectivity index (χ3n) is 2.31. The zero-order valence-corrected chi connectivity index (χ0v) is 9.58. The lowest BCUT2D eigenvalue weighted by molar-refractivity contribution is 0.103. The van der Waals surface area contributed by atoms with E-state index in [0.717, 1.165) is 5.56 Å². The molecule has 0 aromatic heterocycles. The van der Waals surface area contributed by atoms with Gasteiger partial charge in [0.15, 0.2) is 5.78 Å². The number of carbonyl (C=O) groups is 1. The maximum absolute atomic E-state index is 12.0. The van der Waals surface area contributed by atoms with Crippen molar-refractivity contribution >= 4 is 17.4 Å². The van der Waals surface area contributed by atoms with Crippen LogP contribution in [0.2, 0.25) is 5.02 Å². The van der Waals surface area contributed by atoms with E-state index in [1.54, 1.807) is 30.3 Å². The fourth-order valence-electron chi connectivity index (χ4n) is 1.47. The summed E-state index contributed by atoms with van der Waals surface area (Å²) in [5.41, 5.74) is 2.27. The van der Waals surface area contributed by atoms with Gasteiger partial charge in [0.1, 0.15) is 0 Å². The number of carbonyl (C=O) groups excluding carboxylic acids is 1. The molecule has 1 nitrogen and oxygen atoms in total. The second-order valence-electron chi connectivity index (χ2n) is 3.62. The number of ketones is 1. The Hall–Kier alpha value is -1.60. The highest BCUT2D eigenvalue weighted by molar-refractivity contribution is 6.30. The van der Waals surface area contributed by atoms with Crippen molar-refractivity contribution < 1.29 is 4.79 Å². The lowest BCUT2D eigenvalue weighted by Crippen LogP contribution is -2.01. The highest BCUT2D eigenvalue weighted by Gasteiger charge is 2.08. The van der Waals surface area contributed by atoms with Crippen LogP contribution in [-0.4, -0.2) is 5.78 Å². The summed E-state index contributed by atoms with van der Waals surface area (Å²) in [5, 5.41) is 0.629. The third kappa shape index (κ3) is 2.31. The summed E-state index contributed by atoms with van der Waals surface area (Å²) < 4.78 is 0. The summed E-state index contributed by atoms with van der Waals surface area (Å²) in [6, 6.07) is 15.3. The molecule has 0 fully saturated rings. The number of hydrogen-bond donors (Lipinski definition) is 0. The Morgan fingerprint density at radius 2 is 1.88 bits per heavy atom. The summed E-state index contributed by atoms with van der Waals surface area (Å²) in [6.45, 7) is 1.95. The monoisotopic (exact) mass is 229 g/mol. The molecule has 2 aromatic rings. The van der Waals surface area contributed by atoms with Crippen LogP contribution < -0.4 is 0 Å². The molecule has 0 heterocycles. The first-order chi connectivity index (χ1) is 7.66. The van der Waals surface area contributed by atoms with Crippen molar-refractivity contribution in [2.45, 2.75) is 6.92 Å². The van der Waals surface area contributed by atoms with Crippen LogP contribution in [0.3, 0.4) is 0 Å². The Morgan fingerprint density at radius 3 is 2.50 bits per heavy atom. The molecule has 79 valence electrons. The van der Waals surface area contributed by atoms with Gasteiger partial charge in [0.2, 0.25) is 0 Å². The van der Waals surface area contributed by atoms with E-state index in [1.165, 1.54) is 0 Å². The predicted octanol–water partition coefficient (Wildman–Crippen LogP) is 3.68. The smallest absolute Gasteiger partial charge is 0.193 e. The topological polar surface area (TPSA) is 17.1 Å². The summed E-state index contributed by atoms with van der Waals surface area (Å²) in [5.74, 6) is -0.0274.